The van der Waals surface area contributed by atoms with Gasteiger partial charge >= 0.3 is 6.18 Å². The van der Waals surface area contributed by atoms with Crippen molar-refractivity contribution in [2.75, 3.05) is 18.8 Å². The zero-order valence-corrected chi connectivity index (χ0v) is 11.9. The lowest BCUT2D eigenvalue weighted by atomic mass is 10.2. The van der Waals surface area contributed by atoms with Crippen molar-refractivity contribution in [1.82, 2.24) is 4.90 Å². The lowest BCUT2D eigenvalue weighted by molar-refractivity contribution is -0.158. The second-order valence-corrected chi connectivity index (χ2v) is 4.73. The van der Waals surface area contributed by atoms with Crippen LogP contribution >= 0.6 is 0 Å². The molecule has 1 amide bonds. The van der Waals surface area contributed by atoms with Crippen molar-refractivity contribution < 1.29 is 18.0 Å². The topological polar surface area (TPSA) is 46.3 Å². The summed E-state index contributed by atoms with van der Waals surface area (Å²) in [6, 6.07) is 6.71. The van der Waals surface area contributed by atoms with Crippen LogP contribution in [0.3, 0.4) is 0 Å². The minimum atomic E-state index is -4.39. The summed E-state index contributed by atoms with van der Waals surface area (Å²) in [5.74, 6) is -0.641. The highest BCUT2D eigenvalue weighted by molar-refractivity contribution is 5.91. The fraction of sp³-hybridized carbons (Fsp3) is 0.400. The summed E-state index contributed by atoms with van der Waals surface area (Å²) in [5, 5.41) is 0. The average Bonchev–Trinajstić information content (AvgIpc) is 2.41. The van der Waals surface area contributed by atoms with Gasteiger partial charge in [0.05, 0.1) is 0 Å². The maximum Gasteiger partial charge on any atom is 0.406 e. The maximum atomic E-state index is 12.5. The molecule has 6 heteroatoms. The third-order valence-corrected chi connectivity index (χ3v) is 2.82. The molecule has 116 valence electrons. The van der Waals surface area contributed by atoms with E-state index in [2.05, 4.69) is 0 Å². The van der Waals surface area contributed by atoms with Crippen LogP contribution in [0.4, 0.5) is 18.9 Å². The van der Waals surface area contributed by atoms with E-state index in [4.69, 9.17) is 5.73 Å². The smallest absolute Gasteiger partial charge is 0.399 e. The van der Waals surface area contributed by atoms with Crippen LogP contribution < -0.4 is 5.73 Å². The molecule has 0 heterocycles. The fourth-order valence-corrected chi connectivity index (χ4v) is 1.71. The normalized spacial score (nSPS) is 11.8. The first-order valence-corrected chi connectivity index (χ1v) is 6.71. The Morgan fingerprint density at radius 2 is 1.90 bits per heavy atom. The van der Waals surface area contributed by atoms with Crippen LogP contribution in [-0.2, 0) is 4.79 Å². The van der Waals surface area contributed by atoms with E-state index in [1.807, 2.05) is 6.92 Å². The molecule has 0 saturated heterocycles. The summed E-state index contributed by atoms with van der Waals surface area (Å²) >= 11 is 0. The van der Waals surface area contributed by atoms with E-state index in [9.17, 15) is 18.0 Å². The predicted octanol–water partition coefficient (Wildman–Crippen LogP) is 3.47. The van der Waals surface area contributed by atoms with Crippen LogP contribution in [0.1, 0.15) is 25.3 Å². The number of carbonyl (C=O) groups is 1. The summed E-state index contributed by atoms with van der Waals surface area (Å²) in [6.07, 6.45) is -0.483. The molecule has 2 N–H and O–H groups in total. The van der Waals surface area contributed by atoms with Crippen LogP contribution in [0.25, 0.3) is 6.08 Å². The van der Waals surface area contributed by atoms with Crippen LogP contribution in [0, 0.1) is 0 Å². The summed E-state index contributed by atoms with van der Waals surface area (Å²) in [7, 11) is 0. The van der Waals surface area contributed by atoms with Gasteiger partial charge in [-0.15, -0.1) is 0 Å². The van der Waals surface area contributed by atoms with Gasteiger partial charge in [-0.2, -0.15) is 13.2 Å². The third-order valence-electron chi connectivity index (χ3n) is 2.82. The first kappa shape index (κ1) is 17.1. The van der Waals surface area contributed by atoms with Gasteiger partial charge in [0.25, 0.3) is 0 Å². The molecule has 3 nitrogen and oxygen atoms in total. The van der Waals surface area contributed by atoms with Crippen molar-refractivity contribution in [2.45, 2.75) is 25.9 Å². The molecule has 0 aliphatic carbocycles. The Hall–Kier alpha value is -1.98. The van der Waals surface area contributed by atoms with E-state index in [-0.39, 0.29) is 6.54 Å². The molecular weight excluding hydrogens is 281 g/mol. The van der Waals surface area contributed by atoms with Crippen molar-refractivity contribution in [1.29, 1.82) is 0 Å². The van der Waals surface area contributed by atoms with E-state index >= 15 is 0 Å². The molecule has 1 rings (SSSR count). The first-order chi connectivity index (χ1) is 9.81. The quantitative estimate of drug-likeness (QED) is 0.646. The van der Waals surface area contributed by atoms with Crippen molar-refractivity contribution in [3.63, 3.8) is 0 Å². The zero-order chi connectivity index (χ0) is 15.9. The van der Waals surface area contributed by atoms with Crippen molar-refractivity contribution >= 4 is 17.7 Å². The summed E-state index contributed by atoms with van der Waals surface area (Å²) in [4.78, 5) is 12.7. The molecule has 1 aromatic rings. The van der Waals surface area contributed by atoms with Gasteiger partial charge in [-0.1, -0.05) is 25.5 Å². The zero-order valence-electron chi connectivity index (χ0n) is 11.9. The number of benzene rings is 1. The van der Waals surface area contributed by atoms with Crippen molar-refractivity contribution in [3.05, 3.63) is 35.9 Å². The molecule has 0 spiro atoms. The Morgan fingerprint density at radius 3 is 2.43 bits per heavy atom. The summed E-state index contributed by atoms with van der Waals surface area (Å²) in [5.41, 5.74) is 6.82. The lowest BCUT2D eigenvalue weighted by Crippen LogP contribution is -2.38. The molecule has 0 fully saturated rings. The fourth-order valence-electron chi connectivity index (χ4n) is 1.71. The van der Waals surface area contributed by atoms with E-state index in [0.717, 1.165) is 17.4 Å². The lowest BCUT2D eigenvalue weighted by Gasteiger charge is -2.22. The second kappa shape index (κ2) is 7.71. The van der Waals surface area contributed by atoms with E-state index in [0.29, 0.717) is 17.7 Å². The van der Waals surface area contributed by atoms with E-state index in [1.165, 1.54) is 6.08 Å². The number of amides is 1. The van der Waals surface area contributed by atoms with Crippen molar-refractivity contribution in [3.8, 4) is 0 Å². The SMILES string of the molecule is CCCCN(CC(F)(F)F)C(=O)/C=C/c1ccc(N)cc1. The van der Waals surface area contributed by atoms with Gasteiger partial charge in [0.1, 0.15) is 6.54 Å². The number of halogens is 3. The number of carbonyl (C=O) groups excluding carboxylic acids is 1. The van der Waals surface area contributed by atoms with Crippen LogP contribution in [0.5, 0.6) is 0 Å². The molecule has 0 aliphatic heterocycles. The molecular formula is C15H19F3N2O. The van der Waals surface area contributed by atoms with Gasteiger partial charge in [-0.3, -0.25) is 4.79 Å². The summed E-state index contributed by atoms with van der Waals surface area (Å²) < 4.78 is 37.4. The Labute approximate surface area is 122 Å². The van der Waals surface area contributed by atoms with Crippen LogP contribution in [0.15, 0.2) is 30.3 Å². The van der Waals surface area contributed by atoms with Gasteiger partial charge in [-0.25, -0.2) is 0 Å². The minimum Gasteiger partial charge on any atom is -0.399 e. The number of hydrogen-bond acceptors (Lipinski definition) is 2. The molecule has 1 aromatic carbocycles. The number of rotatable bonds is 6. The predicted molar refractivity (Wildman–Crippen MR) is 77.4 cm³/mol. The Kier molecular flexibility index (Phi) is 6.27. The molecule has 0 saturated carbocycles. The van der Waals surface area contributed by atoms with Crippen LogP contribution in [0.2, 0.25) is 0 Å². The van der Waals surface area contributed by atoms with Gasteiger partial charge in [-0.05, 0) is 30.2 Å². The van der Waals surface area contributed by atoms with Crippen molar-refractivity contribution in [2.24, 2.45) is 0 Å². The number of anilines is 1. The first-order valence-electron chi connectivity index (χ1n) is 6.71. The summed E-state index contributed by atoms with van der Waals surface area (Å²) in [6.45, 7) is 0.735. The average molecular weight is 300 g/mol. The Morgan fingerprint density at radius 1 is 1.29 bits per heavy atom. The van der Waals surface area contributed by atoms with Crippen LogP contribution in [-0.4, -0.2) is 30.1 Å². The largest absolute Gasteiger partial charge is 0.406 e. The van der Waals surface area contributed by atoms with Gasteiger partial charge in [0, 0.05) is 18.3 Å². The monoisotopic (exact) mass is 300 g/mol. The number of hydrogen-bond donors (Lipinski definition) is 1. The van der Waals surface area contributed by atoms with E-state index < -0.39 is 18.6 Å². The molecule has 21 heavy (non-hydrogen) atoms. The number of nitrogens with zero attached hydrogens (tertiary/aromatic N) is 1. The second-order valence-electron chi connectivity index (χ2n) is 4.73. The molecule has 0 aromatic heterocycles. The minimum absolute atomic E-state index is 0.0981. The number of nitrogens with two attached hydrogens (primary N) is 1. The molecule has 0 bridgehead atoms. The molecule has 0 radical (unpaired) electrons. The number of alkyl halides is 3. The highest BCUT2D eigenvalue weighted by Crippen LogP contribution is 2.17. The van der Waals surface area contributed by atoms with E-state index in [1.54, 1.807) is 24.3 Å². The van der Waals surface area contributed by atoms with Gasteiger partial charge in [0.15, 0.2) is 0 Å². The highest BCUT2D eigenvalue weighted by atomic mass is 19.4. The van der Waals surface area contributed by atoms with Gasteiger partial charge < -0.3 is 10.6 Å². The molecule has 0 aliphatic rings. The number of nitrogen functional groups attached to an aromatic ring is 1. The number of unbranched alkanes of at least 4 members (excludes halogenated alkanes) is 1. The molecule has 0 unspecified atom stereocenters. The Bertz CT molecular complexity index is 481. The standard InChI is InChI=1S/C15H19F3N2O/c1-2-3-10-20(11-15(16,17)18)14(21)9-6-12-4-7-13(19)8-5-12/h4-9H,2-3,10-11,19H2,1H3/b9-6+. The molecule has 0 atom stereocenters. The Balaban J connectivity index is 2.72. The van der Waals surface area contributed by atoms with Gasteiger partial charge in [0.2, 0.25) is 5.91 Å². The maximum absolute atomic E-state index is 12.5. The highest BCUT2D eigenvalue weighted by Gasteiger charge is 2.32. The third kappa shape index (κ3) is 6.83.